The molecule has 1 fully saturated rings. The number of nitrogens with two attached hydrogens (primary N) is 1. The first-order chi connectivity index (χ1) is 8.22. The lowest BCUT2D eigenvalue weighted by Crippen LogP contribution is -2.47. The topological polar surface area (TPSA) is 59.2 Å². The van der Waals surface area contributed by atoms with Crippen LogP contribution in [0.5, 0.6) is 0 Å². The number of nitrogens with zero attached hydrogens (tertiary/aromatic N) is 2. The molecule has 1 saturated heterocycles. The standard InChI is InChI=1S/C13H19N3O/c1-10-8-11(5-6-15-10)13(17)16-7-3-2-4-12(16)9-14/h5-6,8,12H,2-4,7,9,14H2,1H3. The second-order valence-corrected chi connectivity index (χ2v) is 4.57. The minimum Gasteiger partial charge on any atom is -0.334 e. The van der Waals surface area contributed by atoms with Gasteiger partial charge in [-0.25, -0.2) is 0 Å². The van der Waals surface area contributed by atoms with Crippen molar-refractivity contribution in [2.45, 2.75) is 32.2 Å². The third kappa shape index (κ3) is 2.64. The second-order valence-electron chi connectivity index (χ2n) is 4.57. The van der Waals surface area contributed by atoms with Gasteiger partial charge in [0.25, 0.3) is 5.91 Å². The zero-order valence-corrected chi connectivity index (χ0v) is 10.2. The summed E-state index contributed by atoms with van der Waals surface area (Å²) in [6, 6.07) is 3.81. The molecular weight excluding hydrogens is 214 g/mol. The zero-order valence-electron chi connectivity index (χ0n) is 10.2. The number of aromatic nitrogens is 1. The molecule has 2 N–H and O–H groups in total. The summed E-state index contributed by atoms with van der Waals surface area (Å²) in [6.07, 6.45) is 4.95. The molecule has 0 radical (unpaired) electrons. The van der Waals surface area contributed by atoms with E-state index < -0.39 is 0 Å². The van der Waals surface area contributed by atoms with E-state index in [9.17, 15) is 4.79 Å². The molecule has 1 unspecified atom stereocenters. The molecule has 2 rings (SSSR count). The molecule has 1 amide bonds. The van der Waals surface area contributed by atoms with Gasteiger partial charge in [0.05, 0.1) is 0 Å². The van der Waals surface area contributed by atoms with E-state index in [1.807, 2.05) is 17.9 Å². The van der Waals surface area contributed by atoms with Crippen molar-refractivity contribution in [1.82, 2.24) is 9.88 Å². The Labute approximate surface area is 102 Å². The number of pyridine rings is 1. The predicted octanol–water partition coefficient (Wildman–Crippen LogP) is 1.34. The van der Waals surface area contributed by atoms with Gasteiger partial charge in [-0.2, -0.15) is 0 Å². The Balaban J connectivity index is 2.18. The van der Waals surface area contributed by atoms with Crippen LogP contribution < -0.4 is 5.73 Å². The van der Waals surface area contributed by atoms with E-state index in [0.29, 0.717) is 6.54 Å². The van der Waals surface area contributed by atoms with Gasteiger partial charge in [-0.15, -0.1) is 0 Å². The van der Waals surface area contributed by atoms with Gasteiger partial charge >= 0.3 is 0 Å². The summed E-state index contributed by atoms with van der Waals surface area (Å²) in [4.78, 5) is 18.4. The van der Waals surface area contributed by atoms with Crippen LogP contribution in [0, 0.1) is 6.92 Å². The molecule has 1 aromatic rings. The number of hydrogen-bond acceptors (Lipinski definition) is 3. The van der Waals surface area contributed by atoms with Gasteiger partial charge in [-0.05, 0) is 38.3 Å². The number of likely N-dealkylation sites (tertiary alicyclic amines) is 1. The van der Waals surface area contributed by atoms with Gasteiger partial charge in [0.2, 0.25) is 0 Å². The number of rotatable bonds is 2. The summed E-state index contributed by atoms with van der Waals surface area (Å²) >= 11 is 0. The molecule has 4 heteroatoms. The Morgan fingerprint density at radius 1 is 1.59 bits per heavy atom. The largest absolute Gasteiger partial charge is 0.334 e. The van der Waals surface area contributed by atoms with Gasteiger partial charge in [-0.1, -0.05) is 0 Å². The van der Waals surface area contributed by atoms with Gasteiger partial charge in [0.15, 0.2) is 0 Å². The maximum absolute atomic E-state index is 12.4. The van der Waals surface area contributed by atoms with Crippen LogP contribution in [-0.2, 0) is 0 Å². The zero-order chi connectivity index (χ0) is 12.3. The fraction of sp³-hybridized carbons (Fsp3) is 0.538. The SMILES string of the molecule is Cc1cc(C(=O)N2CCCCC2CN)ccn1. The number of carbonyl (C=O) groups is 1. The van der Waals surface area contributed by atoms with Crippen LogP contribution in [0.3, 0.4) is 0 Å². The van der Waals surface area contributed by atoms with E-state index >= 15 is 0 Å². The van der Waals surface area contributed by atoms with Gasteiger partial charge in [0, 0.05) is 36.6 Å². The van der Waals surface area contributed by atoms with Gasteiger partial charge in [0.1, 0.15) is 0 Å². The molecule has 0 bridgehead atoms. The third-order valence-corrected chi connectivity index (χ3v) is 3.30. The maximum atomic E-state index is 12.4. The summed E-state index contributed by atoms with van der Waals surface area (Å²) in [5, 5.41) is 0. The Kier molecular flexibility index (Phi) is 3.74. The molecule has 0 aromatic carbocycles. The number of aryl methyl sites for hydroxylation is 1. The van der Waals surface area contributed by atoms with Crippen molar-refractivity contribution < 1.29 is 4.79 Å². The van der Waals surface area contributed by atoms with Crippen molar-refractivity contribution in [2.24, 2.45) is 5.73 Å². The molecule has 2 heterocycles. The van der Waals surface area contributed by atoms with E-state index in [4.69, 9.17) is 5.73 Å². The lowest BCUT2D eigenvalue weighted by Gasteiger charge is -2.35. The molecule has 92 valence electrons. The Morgan fingerprint density at radius 2 is 2.41 bits per heavy atom. The van der Waals surface area contributed by atoms with Crippen LogP contribution in [0.15, 0.2) is 18.3 Å². The number of carbonyl (C=O) groups excluding carboxylic acids is 1. The number of hydrogen-bond donors (Lipinski definition) is 1. The third-order valence-electron chi connectivity index (χ3n) is 3.30. The van der Waals surface area contributed by atoms with E-state index in [1.165, 1.54) is 6.42 Å². The number of amides is 1. The molecule has 0 saturated carbocycles. The predicted molar refractivity (Wildman–Crippen MR) is 66.7 cm³/mol. The summed E-state index contributed by atoms with van der Waals surface area (Å²) in [6.45, 7) is 3.27. The summed E-state index contributed by atoms with van der Waals surface area (Å²) in [7, 11) is 0. The molecule has 0 spiro atoms. The smallest absolute Gasteiger partial charge is 0.254 e. The summed E-state index contributed by atoms with van der Waals surface area (Å²) in [5.74, 6) is 0.0886. The first kappa shape index (κ1) is 12.0. The Bertz CT molecular complexity index is 405. The van der Waals surface area contributed by atoms with Crippen molar-refractivity contribution in [3.8, 4) is 0 Å². The summed E-state index contributed by atoms with van der Waals surface area (Å²) < 4.78 is 0. The average molecular weight is 233 g/mol. The lowest BCUT2D eigenvalue weighted by atomic mass is 10.0. The average Bonchev–Trinajstić information content (AvgIpc) is 2.38. The van der Waals surface area contributed by atoms with Crippen molar-refractivity contribution in [3.63, 3.8) is 0 Å². The number of piperidine rings is 1. The van der Waals surface area contributed by atoms with Crippen molar-refractivity contribution >= 4 is 5.91 Å². The molecule has 4 nitrogen and oxygen atoms in total. The maximum Gasteiger partial charge on any atom is 0.254 e. The highest BCUT2D eigenvalue weighted by atomic mass is 16.2. The monoisotopic (exact) mass is 233 g/mol. The minimum atomic E-state index is 0.0886. The van der Waals surface area contributed by atoms with Crippen molar-refractivity contribution in [1.29, 1.82) is 0 Å². The highest BCUT2D eigenvalue weighted by Gasteiger charge is 2.26. The molecule has 1 aliphatic rings. The van der Waals surface area contributed by atoms with Crippen LogP contribution in [0.4, 0.5) is 0 Å². The Morgan fingerprint density at radius 3 is 3.12 bits per heavy atom. The van der Waals surface area contributed by atoms with E-state index in [-0.39, 0.29) is 11.9 Å². The van der Waals surface area contributed by atoms with Crippen LogP contribution >= 0.6 is 0 Å². The molecule has 0 aliphatic carbocycles. The highest BCUT2D eigenvalue weighted by molar-refractivity contribution is 5.94. The van der Waals surface area contributed by atoms with Crippen LogP contribution in [-0.4, -0.2) is 34.9 Å². The fourth-order valence-corrected chi connectivity index (χ4v) is 2.36. The van der Waals surface area contributed by atoms with Gasteiger partial charge in [-0.3, -0.25) is 9.78 Å². The minimum absolute atomic E-state index is 0.0886. The quantitative estimate of drug-likeness (QED) is 0.838. The van der Waals surface area contributed by atoms with Crippen LogP contribution in [0.2, 0.25) is 0 Å². The fourth-order valence-electron chi connectivity index (χ4n) is 2.36. The first-order valence-electron chi connectivity index (χ1n) is 6.16. The van der Waals surface area contributed by atoms with Crippen LogP contribution in [0.25, 0.3) is 0 Å². The first-order valence-corrected chi connectivity index (χ1v) is 6.16. The summed E-state index contributed by atoms with van der Waals surface area (Å²) in [5.41, 5.74) is 7.33. The van der Waals surface area contributed by atoms with E-state index in [1.54, 1.807) is 12.3 Å². The van der Waals surface area contributed by atoms with Crippen LogP contribution in [0.1, 0.15) is 35.3 Å². The second kappa shape index (κ2) is 5.27. The highest BCUT2D eigenvalue weighted by Crippen LogP contribution is 2.19. The van der Waals surface area contributed by atoms with Crippen molar-refractivity contribution in [2.75, 3.05) is 13.1 Å². The molecule has 17 heavy (non-hydrogen) atoms. The van der Waals surface area contributed by atoms with E-state index in [0.717, 1.165) is 30.6 Å². The molecule has 1 aliphatic heterocycles. The Hall–Kier alpha value is -1.42. The lowest BCUT2D eigenvalue weighted by molar-refractivity contribution is 0.0623. The molecule has 1 aromatic heterocycles. The van der Waals surface area contributed by atoms with E-state index in [2.05, 4.69) is 4.98 Å². The molecule has 1 atom stereocenters. The normalized spacial score (nSPS) is 20.4. The molecular formula is C13H19N3O. The van der Waals surface area contributed by atoms with Crippen molar-refractivity contribution in [3.05, 3.63) is 29.6 Å². The van der Waals surface area contributed by atoms with Gasteiger partial charge < -0.3 is 10.6 Å².